The number of rotatable bonds is 9. The van der Waals surface area contributed by atoms with Gasteiger partial charge in [-0.05, 0) is 27.7 Å². The maximum atomic E-state index is 12.2. The second-order valence-corrected chi connectivity index (χ2v) is 6.76. The Morgan fingerprint density at radius 1 is 1.12 bits per heavy atom. The molecule has 1 aromatic carbocycles. The van der Waals surface area contributed by atoms with Crippen molar-refractivity contribution in [3.63, 3.8) is 0 Å². The Bertz CT molecular complexity index is 596. The summed E-state index contributed by atoms with van der Waals surface area (Å²) in [5, 5.41) is 5.61. The molecule has 0 fully saturated rings. The fraction of sp³-hybridized carbons (Fsp3) is 0.526. The van der Waals surface area contributed by atoms with Crippen LogP contribution in [0.25, 0.3) is 0 Å². The number of hydrogen-bond acceptors (Lipinski definition) is 6. The summed E-state index contributed by atoms with van der Waals surface area (Å²) >= 11 is 0. The van der Waals surface area contributed by atoms with E-state index in [4.69, 9.17) is 9.47 Å². The van der Waals surface area contributed by atoms with E-state index in [2.05, 4.69) is 10.6 Å². The Balaban J connectivity index is 2.59. The molecule has 0 aromatic heterocycles. The largest absolute Gasteiger partial charge is 0.466 e. The van der Waals surface area contributed by atoms with Crippen LogP contribution < -0.4 is 10.6 Å². The highest BCUT2D eigenvalue weighted by atomic mass is 16.6. The van der Waals surface area contributed by atoms with E-state index in [0.717, 1.165) is 0 Å². The van der Waals surface area contributed by atoms with Crippen LogP contribution in [0.2, 0.25) is 0 Å². The second kappa shape index (κ2) is 10.6. The van der Waals surface area contributed by atoms with Crippen molar-refractivity contribution in [1.29, 1.82) is 0 Å². The molecule has 7 heteroatoms. The SMILES string of the molecule is CCOC(=O)CC(CNC(=O)OC(C)(C)C)NCC(=O)c1ccccc1. The van der Waals surface area contributed by atoms with Gasteiger partial charge in [0.15, 0.2) is 5.78 Å². The van der Waals surface area contributed by atoms with E-state index in [1.807, 2.05) is 6.07 Å². The van der Waals surface area contributed by atoms with Crippen LogP contribution in [-0.4, -0.2) is 49.2 Å². The third-order valence-electron chi connectivity index (χ3n) is 3.26. The molecular formula is C19H28N2O5. The minimum absolute atomic E-state index is 0.0334. The third-order valence-corrected chi connectivity index (χ3v) is 3.26. The van der Waals surface area contributed by atoms with E-state index in [1.165, 1.54) is 0 Å². The molecule has 0 heterocycles. The zero-order valence-corrected chi connectivity index (χ0v) is 15.8. The lowest BCUT2D eigenvalue weighted by Gasteiger charge is -2.22. The molecule has 1 rings (SSSR count). The highest BCUT2D eigenvalue weighted by Crippen LogP contribution is 2.06. The molecule has 0 aliphatic heterocycles. The number of ether oxygens (including phenoxy) is 2. The van der Waals surface area contributed by atoms with Crippen LogP contribution in [0.1, 0.15) is 44.5 Å². The highest BCUT2D eigenvalue weighted by Gasteiger charge is 2.20. The van der Waals surface area contributed by atoms with Gasteiger partial charge in [-0.15, -0.1) is 0 Å². The van der Waals surface area contributed by atoms with E-state index in [1.54, 1.807) is 52.0 Å². The molecule has 0 saturated carbocycles. The lowest BCUT2D eigenvalue weighted by atomic mass is 10.1. The summed E-state index contributed by atoms with van der Waals surface area (Å²) in [6.45, 7) is 7.46. The summed E-state index contributed by atoms with van der Waals surface area (Å²) in [7, 11) is 0. The molecular weight excluding hydrogens is 336 g/mol. The van der Waals surface area contributed by atoms with Gasteiger partial charge in [-0.1, -0.05) is 30.3 Å². The molecule has 26 heavy (non-hydrogen) atoms. The van der Waals surface area contributed by atoms with E-state index in [0.29, 0.717) is 5.56 Å². The molecule has 1 atom stereocenters. The highest BCUT2D eigenvalue weighted by molar-refractivity contribution is 5.97. The number of amides is 1. The van der Waals surface area contributed by atoms with Gasteiger partial charge in [0.1, 0.15) is 5.60 Å². The first-order valence-electron chi connectivity index (χ1n) is 8.65. The van der Waals surface area contributed by atoms with Crippen LogP contribution >= 0.6 is 0 Å². The second-order valence-electron chi connectivity index (χ2n) is 6.76. The molecule has 1 amide bonds. The molecule has 0 aliphatic carbocycles. The zero-order chi connectivity index (χ0) is 19.6. The van der Waals surface area contributed by atoms with Gasteiger partial charge in [-0.25, -0.2) is 4.79 Å². The summed E-state index contributed by atoms with van der Waals surface area (Å²) in [5.41, 5.74) is -0.0350. The van der Waals surface area contributed by atoms with Crippen molar-refractivity contribution < 1.29 is 23.9 Å². The fourth-order valence-corrected chi connectivity index (χ4v) is 2.12. The standard InChI is InChI=1S/C19H28N2O5/c1-5-25-17(23)11-15(12-21-18(24)26-19(2,3)4)20-13-16(22)14-9-7-6-8-10-14/h6-10,15,20H,5,11-13H2,1-4H3,(H,21,24). The van der Waals surface area contributed by atoms with Gasteiger partial charge in [0, 0.05) is 18.2 Å². The fourth-order valence-electron chi connectivity index (χ4n) is 2.12. The van der Waals surface area contributed by atoms with Crippen LogP contribution in [0.3, 0.4) is 0 Å². The Kier molecular flexibility index (Phi) is 8.78. The number of hydrogen-bond donors (Lipinski definition) is 2. The topological polar surface area (TPSA) is 93.7 Å². The number of Topliss-reactive ketones (excluding diaryl/α,β-unsaturated/α-hetero) is 1. The van der Waals surface area contributed by atoms with Gasteiger partial charge < -0.3 is 20.1 Å². The van der Waals surface area contributed by atoms with Crippen molar-refractivity contribution in [3.05, 3.63) is 35.9 Å². The van der Waals surface area contributed by atoms with E-state index < -0.39 is 23.7 Å². The Labute approximate surface area is 154 Å². The van der Waals surface area contributed by atoms with Gasteiger partial charge >= 0.3 is 12.1 Å². The zero-order valence-electron chi connectivity index (χ0n) is 15.8. The third kappa shape index (κ3) is 9.17. The molecule has 0 saturated heterocycles. The van der Waals surface area contributed by atoms with Gasteiger partial charge in [0.2, 0.25) is 0 Å². The van der Waals surface area contributed by atoms with Gasteiger partial charge in [-0.3, -0.25) is 9.59 Å². The van der Waals surface area contributed by atoms with Gasteiger partial charge in [0.05, 0.1) is 19.6 Å². The van der Waals surface area contributed by atoms with Crippen LogP contribution in [0.5, 0.6) is 0 Å². The van der Waals surface area contributed by atoms with E-state index >= 15 is 0 Å². The summed E-state index contributed by atoms with van der Waals surface area (Å²) in [6, 6.07) is 8.40. The van der Waals surface area contributed by atoms with Crippen LogP contribution in [0, 0.1) is 0 Å². The van der Waals surface area contributed by atoms with Crippen molar-refractivity contribution in [2.75, 3.05) is 19.7 Å². The van der Waals surface area contributed by atoms with Crippen molar-refractivity contribution in [1.82, 2.24) is 10.6 Å². The molecule has 0 bridgehead atoms. The number of ketones is 1. The predicted octanol–water partition coefficient (Wildman–Crippen LogP) is 2.31. The summed E-state index contributed by atoms with van der Waals surface area (Å²) < 4.78 is 10.1. The van der Waals surface area contributed by atoms with Gasteiger partial charge in [0.25, 0.3) is 0 Å². The number of esters is 1. The van der Waals surface area contributed by atoms with Gasteiger partial charge in [-0.2, -0.15) is 0 Å². The van der Waals surface area contributed by atoms with Crippen molar-refractivity contribution >= 4 is 17.8 Å². The molecule has 0 radical (unpaired) electrons. The number of carbonyl (C=O) groups excluding carboxylic acids is 3. The predicted molar refractivity (Wildman–Crippen MR) is 98.0 cm³/mol. The average molecular weight is 364 g/mol. The number of carbonyl (C=O) groups is 3. The molecule has 1 aromatic rings. The summed E-state index contributed by atoms with van der Waals surface area (Å²) in [6.07, 6.45) is -0.548. The first kappa shape index (κ1) is 21.6. The molecule has 7 nitrogen and oxygen atoms in total. The normalized spacial score (nSPS) is 12.2. The van der Waals surface area contributed by atoms with Crippen LogP contribution in [-0.2, 0) is 14.3 Å². The average Bonchev–Trinajstić information content (AvgIpc) is 2.56. The van der Waals surface area contributed by atoms with E-state index in [-0.39, 0.29) is 31.9 Å². The quantitative estimate of drug-likeness (QED) is 0.516. The maximum Gasteiger partial charge on any atom is 0.407 e. The Morgan fingerprint density at radius 3 is 2.35 bits per heavy atom. The summed E-state index contributed by atoms with van der Waals surface area (Å²) in [5.74, 6) is -0.500. The molecule has 0 aliphatic rings. The summed E-state index contributed by atoms with van der Waals surface area (Å²) in [4.78, 5) is 35.7. The first-order valence-corrected chi connectivity index (χ1v) is 8.65. The minimum atomic E-state index is -0.614. The monoisotopic (exact) mass is 364 g/mol. The maximum absolute atomic E-state index is 12.2. The first-order chi connectivity index (χ1) is 12.2. The number of benzene rings is 1. The van der Waals surface area contributed by atoms with Crippen LogP contribution in [0.4, 0.5) is 4.79 Å². The van der Waals surface area contributed by atoms with Crippen molar-refractivity contribution in [3.8, 4) is 0 Å². The minimum Gasteiger partial charge on any atom is -0.466 e. The van der Waals surface area contributed by atoms with Crippen molar-refractivity contribution in [2.45, 2.75) is 45.8 Å². The number of alkyl carbamates (subject to hydrolysis) is 1. The molecule has 0 spiro atoms. The lowest BCUT2D eigenvalue weighted by molar-refractivity contribution is -0.143. The van der Waals surface area contributed by atoms with Crippen molar-refractivity contribution in [2.24, 2.45) is 0 Å². The Morgan fingerprint density at radius 2 is 1.77 bits per heavy atom. The molecule has 1 unspecified atom stereocenters. The lowest BCUT2D eigenvalue weighted by Crippen LogP contribution is -2.45. The van der Waals surface area contributed by atoms with E-state index in [9.17, 15) is 14.4 Å². The Hall–Kier alpha value is -2.41. The molecule has 2 N–H and O–H groups in total. The smallest absolute Gasteiger partial charge is 0.407 e. The van der Waals surface area contributed by atoms with Crippen LogP contribution in [0.15, 0.2) is 30.3 Å². The molecule has 144 valence electrons. The number of nitrogens with one attached hydrogen (secondary N) is 2.